The highest BCUT2D eigenvalue weighted by Gasteiger charge is 2.25. The van der Waals surface area contributed by atoms with E-state index in [1.165, 1.54) is 25.3 Å². The molecule has 0 unspecified atom stereocenters. The predicted octanol–water partition coefficient (Wildman–Crippen LogP) is 2.24. The number of nitrogens with two attached hydrogens (primary N) is 1. The lowest BCUT2D eigenvalue weighted by molar-refractivity contribution is 0.100. The zero-order chi connectivity index (χ0) is 12.2. The minimum atomic E-state index is -0.0314. The van der Waals surface area contributed by atoms with Crippen molar-refractivity contribution in [3.8, 4) is 0 Å². The van der Waals surface area contributed by atoms with E-state index in [2.05, 4.69) is 11.1 Å². The molecule has 1 aromatic heterocycles. The average Bonchev–Trinajstić information content (AvgIpc) is 3.05. The van der Waals surface area contributed by atoms with Gasteiger partial charge in [0.2, 0.25) is 0 Å². The SMILES string of the molecule is CC(=O)c1nc2c(N)cc(C3CC3)cc2n1C. The Morgan fingerprint density at radius 1 is 1.47 bits per heavy atom. The molecule has 1 aliphatic carbocycles. The summed E-state index contributed by atoms with van der Waals surface area (Å²) in [6.07, 6.45) is 2.48. The quantitative estimate of drug-likeness (QED) is 0.634. The lowest BCUT2D eigenvalue weighted by atomic mass is 10.1. The van der Waals surface area contributed by atoms with Crippen molar-refractivity contribution >= 4 is 22.5 Å². The van der Waals surface area contributed by atoms with E-state index in [0.29, 0.717) is 17.4 Å². The van der Waals surface area contributed by atoms with Crippen molar-refractivity contribution in [2.75, 3.05) is 5.73 Å². The summed E-state index contributed by atoms with van der Waals surface area (Å²) in [6, 6.07) is 4.11. The third-order valence-corrected chi connectivity index (χ3v) is 3.40. The van der Waals surface area contributed by atoms with Crippen LogP contribution in [0, 0.1) is 0 Å². The van der Waals surface area contributed by atoms with Crippen molar-refractivity contribution in [1.82, 2.24) is 9.55 Å². The zero-order valence-electron chi connectivity index (χ0n) is 10.0. The highest BCUT2D eigenvalue weighted by molar-refractivity contribution is 5.97. The van der Waals surface area contributed by atoms with Crippen LogP contribution in [0.3, 0.4) is 0 Å². The Labute approximate surface area is 99.4 Å². The monoisotopic (exact) mass is 229 g/mol. The molecule has 88 valence electrons. The molecule has 17 heavy (non-hydrogen) atoms. The maximum absolute atomic E-state index is 11.5. The normalized spacial score (nSPS) is 15.4. The molecule has 1 fully saturated rings. The molecule has 0 amide bonds. The van der Waals surface area contributed by atoms with E-state index < -0.39 is 0 Å². The van der Waals surface area contributed by atoms with Crippen LogP contribution in [0.1, 0.15) is 41.9 Å². The second-order valence-electron chi connectivity index (χ2n) is 4.80. The summed E-state index contributed by atoms with van der Waals surface area (Å²) in [7, 11) is 1.86. The van der Waals surface area contributed by atoms with Gasteiger partial charge in [-0.05, 0) is 36.5 Å². The zero-order valence-corrected chi connectivity index (χ0v) is 10.0. The number of imidazole rings is 1. The van der Waals surface area contributed by atoms with E-state index in [1.807, 2.05) is 17.7 Å². The Morgan fingerprint density at radius 2 is 2.18 bits per heavy atom. The number of anilines is 1. The number of nitrogens with zero attached hydrogens (tertiary/aromatic N) is 2. The first kappa shape index (κ1) is 10.3. The largest absolute Gasteiger partial charge is 0.397 e. The lowest BCUT2D eigenvalue weighted by Crippen LogP contribution is -2.02. The van der Waals surface area contributed by atoms with E-state index >= 15 is 0 Å². The fourth-order valence-corrected chi connectivity index (χ4v) is 2.30. The molecule has 1 heterocycles. The molecular formula is C13H15N3O. The van der Waals surface area contributed by atoms with Crippen LogP contribution in [-0.4, -0.2) is 15.3 Å². The fraction of sp³-hybridized carbons (Fsp3) is 0.385. The number of aromatic nitrogens is 2. The Bertz CT molecular complexity index is 623. The number of hydrogen-bond acceptors (Lipinski definition) is 3. The Hall–Kier alpha value is -1.84. The van der Waals surface area contributed by atoms with Gasteiger partial charge >= 0.3 is 0 Å². The van der Waals surface area contributed by atoms with Crippen molar-refractivity contribution in [2.45, 2.75) is 25.7 Å². The highest BCUT2D eigenvalue weighted by atomic mass is 16.1. The molecular weight excluding hydrogens is 214 g/mol. The number of hydrogen-bond donors (Lipinski definition) is 1. The van der Waals surface area contributed by atoms with Crippen molar-refractivity contribution in [3.63, 3.8) is 0 Å². The van der Waals surface area contributed by atoms with Crippen LogP contribution >= 0.6 is 0 Å². The summed E-state index contributed by atoms with van der Waals surface area (Å²) in [5.41, 5.74) is 9.66. The number of carbonyl (C=O) groups excluding carboxylic acids is 1. The standard InChI is InChI=1S/C13H15N3O/c1-7(17)13-15-12-10(14)5-9(8-3-4-8)6-11(12)16(13)2/h5-6,8H,3-4,14H2,1-2H3. The number of rotatable bonds is 2. The van der Waals surface area contributed by atoms with Gasteiger partial charge in [0.1, 0.15) is 5.52 Å². The molecule has 4 nitrogen and oxygen atoms in total. The molecule has 0 bridgehead atoms. The molecule has 2 N–H and O–H groups in total. The summed E-state index contributed by atoms with van der Waals surface area (Å²) in [6.45, 7) is 1.53. The van der Waals surface area contributed by atoms with Gasteiger partial charge < -0.3 is 10.3 Å². The van der Waals surface area contributed by atoms with E-state index in [0.717, 1.165) is 11.0 Å². The number of fused-ring (bicyclic) bond motifs is 1. The molecule has 1 aromatic carbocycles. The minimum Gasteiger partial charge on any atom is -0.397 e. The van der Waals surface area contributed by atoms with Crippen LogP contribution in [0.15, 0.2) is 12.1 Å². The van der Waals surface area contributed by atoms with Crippen molar-refractivity contribution in [2.24, 2.45) is 7.05 Å². The van der Waals surface area contributed by atoms with Crippen LogP contribution < -0.4 is 5.73 Å². The lowest BCUT2D eigenvalue weighted by Gasteiger charge is -2.03. The third-order valence-electron chi connectivity index (χ3n) is 3.40. The number of ketones is 1. The van der Waals surface area contributed by atoms with Gasteiger partial charge in [-0.1, -0.05) is 0 Å². The first-order valence-electron chi connectivity index (χ1n) is 5.84. The van der Waals surface area contributed by atoms with Crippen LogP contribution in [-0.2, 0) is 7.05 Å². The van der Waals surface area contributed by atoms with E-state index in [-0.39, 0.29) is 5.78 Å². The van der Waals surface area contributed by atoms with Gasteiger partial charge in [-0.15, -0.1) is 0 Å². The molecule has 4 heteroatoms. The van der Waals surface area contributed by atoms with E-state index in [4.69, 9.17) is 5.73 Å². The smallest absolute Gasteiger partial charge is 0.195 e. The average molecular weight is 229 g/mol. The summed E-state index contributed by atoms with van der Waals surface area (Å²) < 4.78 is 1.83. The first-order chi connectivity index (χ1) is 8.08. The molecule has 0 spiro atoms. The molecule has 1 aliphatic rings. The van der Waals surface area contributed by atoms with Gasteiger partial charge in [0.05, 0.1) is 11.2 Å². The van der Waals surface area contributed by atoms with Crippen molar-refractivity contribution in [3.05, 3.63) is 23.5 Å². The number of aryl methyl sites for hydroxylation is 1. The molecule has 1 saturated carbocycles. The van der Waals surface area contributed by atoms with Gasteiger partial charge in [-0.25, -0.2) is 4.98 Å². The molecule has 0 radical (unpaired) electrons. The molecule has 3 rings (SSSR count). The van der Waals surface area contributed by atoms with Gasteiger partial charge in [0, 0.05) is 14.0 Å². The first-order valence-corrected chi connectivity index (χ1v) is 5.84. The fourth-order valence-electron chi connectivity index (χ4n) is 2.30. The number of carbonyl (C=O) groups is 1. The number of nitrogen functional groups attached to an aromatic ring is 1. The summed E-state index contributed by atoms with van der Waals surface area (Å²) in [4.78, 5) is 15.8. The summed E-state index contributed by atoms with van der Waals surface area (Å²) in [5, 5.41) is 0. The molecule has 0 aliphatic heterocycles. The van der Waals surface area contributed by atoms with Crippen LogP contribution in [0.5, 0.6) is 0 Å². The van der Waals surface area contributed by atoms with Gasteiger partial charge in [0.15, 0.2) is 11.6 Å². The highest BCUT2D eigenvalue weighted by Crippen LogP contribution is 2.42. The molecule has 0 atom stereocenters. The van der Waals surface area contributed by atoms with Gasteiger partial charge in [-0.3, -0.25) is 4.79 Å². The maximum atomic E-state index is 11.5. The van der Waals surface area contributed by atoms with Gasteiger partial charge in [0.25, 0.3) is 0 Å². The minimum absolute atomic E-state index is 0.0314. The second-order valence-corrected chi connectivity index (χ2v) is 4.80. The summed E-state index contributed by atoms with van der Waals surface area (Å²) >= 11 is 0. The topological polar surface area (TPSA) is 60.9 Å². The maximum Gasteiger partial charge on any atom is 0.195 e. The van der Waals surface area contributed by atoms with Crippen LogP contribution in [0.4, 0.5) is 5.69 Å². The van der Waals surface area contributed by atoms with Gasteiger partial charge in [-0.2, -0.15) is 0 Å². The Balaban J connectivity index is 2.29. The van der Waals surface area contributed by atoms with Crippen molar-refractivity contribution in [1.29, 1.82) is 0 Å². The van der Waals surface area contributed by atoms with Crippen molar-refractivity contribution < 1.29 is 4.79 Å². The number of Topliss-reactive ketones (excluding diaryl/α,β-unsaturated/α-hetero) is 1. The van der Waals surface area contributed by atoms with Crippen LogP contribution in [0.2, 0.25) is 0 Å². The Kier molecular flexibility index (Phi) is 2.02. The predicted molar refractivity (Wildman–Crippen MR) is 67.1 cm³/mol. The van der Waals surface area contributed by atoms with Crippen LogP contribution in [0.25, 0.3) is 11.0 Å². The molecule has 2 aromatic rings. The number of benzene rings is 1. The second kappa shape index (κ2) is 3.32. The van der Waals surface area contributed by atoms with E-state index in [1.54, 1.807) is 0 Å². The van der Waals surface area contributed by atoms with E-state index in [9.17, 15) is 4.79 Å². The Morgan fingerprint density at radius 3 is 2.76 bits per heavy atom. The molecule has 0 saturated heterocycles. The summed E-state index contributed by atoms with van der Waals surface area (Å²) in [5.74, 6) is 1.09. The third kappa shape index (κ3) is 1.52.